The number of ether oxygens (including phenoxy) is 1. The summed E-state index contributed by atoms with van der Waals surface area (Å²) in [5.74, 6) is -3.10. The zero-order valence-corrected chi connectivity index (χ0v) is 32.2. The Morgan fingerprint density at radius 1 is 0.880 bits per heavy atom. The topological polar surface area (TPSA) is 115 Å². The molecular formula is C42H61NO7. The fourth-order valence-electron chi connectivity index (χ4n) is 8.32. The van der Waals surface area contributed by atoms with E-state index in [1.165, 1.54) is 0 Å². The van der Waals surface area contributed by atoms with Gasteiger partial charge in [0, 0.05) is 44.1 Å². The van der Waals surface area contributed by atoms with Crippen LogP contribution in [-0.2, 0) is 39.1 Å². The van der Waals surface area contributed by atoms with E-state index in [1.54, 1.807) is 18.7 Å². The number of piperidine rings is 1. The second-order valence-electron chi connectivity index (χ2n) is 18.8. The predicted molar refractivity (Wildman–Crippen MR) is 193 cm³/mol. The van der Waals surface area contributed by atoms with Gasteiger partial charge in [0.1, 0.15) is 11.4 Å². The number of likely N-dealkylation sites (tertiary alicyclic amines) is 1. The van der Waals surface area contributed by atoms with Crippen molar-refractivity contribution < 1.29 is 33.5 Å². The Hall–Kier alpha value is -3.16. The van der Waals surface area contributed by atoms with Crippen LogP contribution in [0.1, 0.15) is 133 Å². The lowest BCUT2D eigenvalue weighted by atomic mass is 9.74. The first kappa shape index (κ1) is 39.6. The van der Waals surface area contributed by atoms with E-state index in [4.69, 9.17) is 4.74 Å². The molecule has 1 aliphatic heterocycles. The van der Waals surface area contributed by atoms with Crippen molar-refractivity contribution in [2.75, 3.05) is 6.54 Å². The van der Waals surface area contributed by atoms with Gasteiger partial charge in [0.2, 0.25) is 11.7 Å². The van der Waals surface area contributed by atoms with Crippen molar-refractivity contribution in [2.45, 2.75) is 139 Å². The second-order valence-corrected chi connectivity index (χ2v) is 18.8. The maximum Gasteiger partial charge on any atom is 0.307 e. The molecule has 0 radical (unpaired) electrons. The zero-order chi connectivity index (χ0) is 37.4. The number of rotatable bonds is 16. The quantitative estimate of drug-likeness (QED) is 0.129. The van der Waals surface area contributed by atoms with Crippen LogP contribution in [0.4, 0.5) is 0 Å². The number of fused-ring (bicyclic) bond motifs is 1. The molecule has 8 nitrogen and oxygen atoms in total. The number of nitrogens with zero attached hydrogens (tertiary/aromatic N) is 1. The minimum Gasteiger partial charge on any atom is -0.455 e. The van der Waals surface area contributed by atoms with Gasteiger partial charge in [-0.15, -0.1) is 0 Å². The number of benzene rings is 1. The Morgan fingerprint density at radius 2 is 1.50 bits per heavy atom. The molecule has 3 unspecified atom stereocenters. The monoisotopic (exact) mass is 691 g/mol. The number of hydrogen-bond donors (Lipinski definition) is 0. The van der Waals surface area contributed by atoms with Gasteiger partial charge in [0.25, 0.3) is 0 Å². The van der Waals surface area contributed by atoms with Crippen LogP contribution in [0.3, 0.4) is 0 Å². The van der Waals surface area contributed by atoms with Crippen LogP contribution in [0, 0.1) is 45.8 Å². The summed E-state index contributed by atoms with van der Waals surface area (Å²) in [4.78, 5) is 83.3. The normalized spacial score (nSPS) is 22.9. The third-order valence-electron chi connectivity index (χ3n) is 11.7. The molecule has 1 aromatic carbocycles. The first-order chi connectivity index (χ1) is 23.0. The van der Waals surface area contributed by atoms with E-state index in [-0.39, 0.29) is 71.7 Å². The van der Waals surface area contributed by atoms with Crippen LogP contribution in [0.5, 0.6) is 0 Å². The molecular weight excluding hydrogens is 630 g/mol. The number of amides is 1. The Balaban J connectivity index is 1.47. The predicted octanol–water partition coefficient (Wildman–Crippen LogP) is 7.69. The van der Waals surface area contributed by atoms with Crippen molar-refractivity contribution >= 4 is 35.0 Å². The van der Waals surface area contributed by atoms with Crippen LogP contribution in [0.25, 0.3) is 0 Å². The molecule has 276 valence electrons. The highest BCUT2D eigenvalue weighted by molar-refractivity contribution is 6.38. The summed E-state index contributed by atoms with van der Waals surface area (Å²) in [6.07, 6.45) is 3.29. The van der Waals surface area contributed by atoms with Crippen LogP contribution in [0.15, 0.2) is 30.3 Å². The van der Waals surface area contributed by atoms with Crippen molar-refractivity contribution in [2.24, 2.45) is 45.8 Å². The maximum absolute atomic E-state index is 14.4. The van der Waals surface area contributed by atoms with Crippen molar-refractivity contribution in [3.8, 4) is 0 Å². The Morgan fingerprint density at radius 3 is 2.04 bits per heavy atom. The largest absolute Gasteiger partial charge is 0.455 e. The van der Waals surface area contributed by atoms with Gasteiger partial charge in [-0.3, -0.25) is 28.8 Å². The van der Waals surface area contributed by atoms with Gasteiger partial charge >= 0.3 is 5.97 Å². The average molecular weight is 692 g/mol. The molecule has 1 aromatic rings. The van der Waals surface area contributed by atoms with E-state index < -0.39 is 46.4 Å². The summed E-state index contributed by atoms with van der Waals surface area (Å²) >= 11 is 0. The van der Waals surface area contributed by atoms with Crippen molar-refractivity contribution in [3.63, 3.8) is 0 Å². The van der Waals surface area contributed by atoms with E-state index in [2.05, 4.69) is 13.8 Å². The lowest BCUT2D eigenvalue weighted by molar-refractivity contribution is -0.158. The third kappa shape index (κ3) is 9.38. The second kappa shape index (κ2) is 14.8. The number of carbonyl (C=O) groups is 6. The molecule has 3 fully saturated rings. The molecule has 5 atom stereocenters. The molecule has 0 spiro atoms. The number of carbonyl (C=O) groups excluding carboxylic acids is 6. The third-order valence-corrected chi connectivity index (χ3v) is 11.7. The molecule has 8 heteroatoms. The van der Waals surface area contributed by atoms with E-state index in [9.17, 15) is 28.8 Å². The fourth-order valence-corrected chi connectivity index (χ4v) is 8.32. The van der Waals surface area contributed by atoms with Gasteiger partial charge in [0.15, 0.2) is 11.6 Å². The minimum absolute atomic E-state index is 0.0252. The molecule has 4 rings (SSSR count). The molecule has 50 heavy (non-hydrogen) atoms. The molecule has 1 heterocycles. The molecule has 3 aliphatic rings. The molecule has 0 aromatic heterocycles. The number of esters is 1. The van der Waals surface area contributed by atoms with E-state index in [1.807, 2.05) is 71.9 Å². The Kier molecular flexibility index (Phi) is 11.8. The maximum atomic E-state index is 14.4. The van der Waals surface area contributed by atoms with E-state index in [0.717, 1.165) is 24.8 Å². The van der Waals surface area contributed by atoms with Gasteiger partial charge in [-0.25, -0.2) is 0 Å². The molecule has 2 aliphatic carbocycles. The molecule has 0 bridgehead atoms. The van der Waals surface area contributed by atoms with Crippen molar-refractivity contribution in [1.29, 1.82) is 0 Å². The lowest BCUT2D eigenvalue weighted by Crippen LogP contribution is -2.51. The highest BCUT2D eigenvalue weighted by Gasteiger charge is 2.69. The lowest BCUT2D eigenvalue weighted by Gasteiger charge is -2.38. The Labute approximate surface area is 299 Å². The van der Waals surface area contributed by atoms with E-state index >= 15 is 0 Å². The van der Waals surface area contributed by atoms with Gasteiger partial charge in [0.05, 0.1) is 12.5 Å². The summed E-state index contributed by atoms with van der Waals surface area (Å²) in [5.41, 5.74) is -0.879. The molecule has 1 amide bonds. The highest BCUT2D eigenvalue weighted by Crippen LogP contribution is 2.65. The Bertz CT molecular complexity index is 1460. The molecule has 1 saturated heterocycles. The van der Waals surface area contributed by atoms with Crippen molar-refractivity contribution in [1.82, 2.24) is 4.90 Å². The van der Waals surface area contributed by atoms with Gasteiger partial charge in [-0.05, 0) is 59.8 Å². The average Bonchev–Trinajstić information content (AvgIpc) is 3.29. The summed E-state index contributed by atoms with van der Waals surface area (Å²) in [6, 6.07) is 8.64. The number of hydrogen-bond acceptors (Lipinski definition) is 7. The van der Waals surface area contributed by atoms with Crippen LogP contribution >= 0.6 is 0 Å². The standard InChI is InChI=1S/C42H61NO7/c1-39(2,3)24-29(44)23-30(40(4,5)6)38(49)43-25-31-35(41(31,7)8)36(43)33(46)22-27(21-26-15-14-16-26)37(48)32(45)19-20-34(47)50-42(9,10)28-17-12-11-13-18-28/h11-13,17-18,26-27,30-31,35-36H,14-16,19-25H2,1-10H3/t27?,30-,31?,35?,36-/m1/s1. The summed E-state index contributed by atoms with van der Waals surface area (Å²) < 4.78 is 5.68. The summed E-state index contributed by atoms with van der Waals surface area (Å²) in [5, 5.41) is 0. The van der Waals surface area contributed by atoms with Gasteiger partial charge in [-0.2, -0.15) is 0 Å². The van der Waals surface area contributed by atoms with Gasteiger partial charge < -0.3 is 9.64 Å². The first-order valence-electron chi connectivity index (χ1n) is 18.7. The van der Waals surface area contributed by atoms with Crippen LogP contribution < -0.4 is 0 Å². The van der Waals surface area contributed by atoms with E-state index in [0.29, 0.717) is 19.4 Å². The summed E-state index contributed by atoms with van der Waals surface area (Å²) in [6.45, 7) is 20.2. The van der Waals surface area contributed by atoms with Crippen LogP contribution in [0.2, 0.25) is 0 Å². The first-order valence-corrected chi connectivity index (χ1v) is 18.7. The number of Topliss-reactive ketones (excluding diaryl/α,β-unsaturated/α-hetero) is 4. The fraction of sp³-hybridized carbons (Fsp3) is 0.714. The molecule has 0 N–H and O–H groups in total. The highest BCUT2D eigenvalue weighted by atomic mass is 16.6. The number of ketones is 4. The van der Waals surface area contributed by atoms with Crippen LogP contribution in [-0.4, -0.2) is 52.5 Å². The molecule has 2 saturated carbocycles. The van der Waals surface area contributed by atoms with Gasteiger partial charge in [-0.1, -0.05) is 105 Å². The SMILES string of the molecule is CC(C)(C)CC(=O)C[C@H](C(=O)N1CC2C([C@H]1C(=O)CC(CC1CCC1)C(=O)C(=O)CCC(=O)OC(C)(C)c1ccccc1)C2(C)C)C(C)(C)C. The van der Waals surface area contributed by atoms with Crippen molar-refractivity contribution in [3.05, 3.63) is 35.9 Å². The smallest absolute Gasteiger partial charge is 0.307 e. The minimum atomic E-state index is -0.893. The zero-order valence-electron chi connectivity index (χ0n) is 32.2. The summed E-state index contributed by atoms with van der Waals surface area (Å²) in [7, 11) is 0.